The lowest BCUT2D eigenvalue weighted by molar-refractivity contribution is -0.123. The molecule has 5 nitrogen and oxygen atoms in total. The molecule has 5 heteroatoms. The summed E-state index contributed by atoms with van der Waals surface area (Å²) in [5, 5.41) is 5.97. The summed E-state index contributed by atoms with van der Waals surface area (Å²) in [4.78, 5) is 11.5. The van der Waals surface area contributed by atoms with Crippen LogP contribution in [0.1, 0.15) is 12.8 Å². The highest BCUT2D eigenvalue weighted by Crippen LogP contribution is 2.21. The fraction of sp³-hybridized carbons (Fsp3) is 0.364. The molecule has 86 valence electrons. The smallest absolute Gasteiger partial charge is 0.242 e. The number of nitrogens with one attached hydrogen (secondary N) is 2. The van der Waals surface area contributed by atoms with Crippen LogP contribution in [0.3, 0.4) is 0 Å². The van der Waals surface area contributed by atoms with Crippen LogP contribution in [0.4, 0.5) is 17.1 Å². The van der Waals surface area contributed by atoms with E-state index >= 15 is 0 Å². The predicted octanol–water partition coefficient (Wildman–Crippen LogP) is 0.541. The fourth-order valence-electron chi connectivity index (χ4n) is 1.78. The quantitative estimate of drug-likeness (QED) is 0.547. The van der Waals surface area contributed by atoms with Gasteiger partial charge in [0.15, 0.2) is 0 Å². The van der Waals surface area contributed by atoms with Crippen molar-refractivity contribution in [2.24, 2.45) is 0 Å². The number of carbonyl (C=O) groups excluding carboxylic acids is 1. The molecule has 0 aromatic heterocycles. The second kappa shape index (κ2) is 4.30. The molecule has 0 radical (unpaired) electrons. The van der Waals surface area contributed by atoms with Gasteiger partial charge in [0.05, 0.1) is 11.4 Å². The van der Waals surface area contributed by atoms with Crippen LogP contribution in [0.15, 0.2) is 18.2 Å². The van der Waals surface area contributed by atoms with Crippen molar-refractivity contribution in [3.8, 4) is 0 Å². The normalized spacial score (nSPS) is 20.2. The minimum Gasteiger partial charge on any atom is -0.397 e. The highest BCUT2D eigenvalue weighted by molar-refractivity contribution is 5.85. The van der Waals surface area contributed by atoms with Crippen LogP contribution in [0.2, 0.25) is 0 Å². The zero-order valence-electron chi connectivity index (χ0n) is 8.99. The van der Waals surface area contributed by atoms with Crippen molar-refractivity contribution in [2.45, 2.75) is 18.9 Å². The van der Waals surface area contributed by atoms with Crippen LogP contribution in [0.5, 0.6) is 0 Å². The first-order valence-corrected chi connectivity index (χ1v) is 5.36. The van der Waals surface area contributed by atoms with E-state index in [0.717, 1.165) is 25.1 Å². The fourth-order valence-corrected chi connectivity index (χ4v) is 1.78. The molecule has 1 saturated heterocycles. The second-order valence-corrected chi connectivity index (χ2v) is 3.97. The number of nitrogen functional groups attached to an aromatic ring is 2. The van der Waals surface area contributed by atoms with Crippen molar-refractivity contribution < 1.29 is 4.79 Å². The molecule has 1 aromatic carbocycles. The molecule has 1 atom stereocenters. The van der Waals surface area contributed by atoms with Gasteiger partial charge in [-0.15, -0.1) is 0 Å². The third-order valence-electron chi connectivity index (χ3n) is 2.71. The van der Waals surface area contributed by atoms with Gasteiger partial charge in [-0.25, -0.2) is 0 Å². The van der Waals surface area contributed by atoms with Gasteiger partial charge in [0, 0.05) is 12.2 Å². The molecule has 0 aliphatic carbocycles. The van der Waals surface area contributed by atoms with Gasteiger partial charge in [-0.3, -0.25) is 4.79 Å². The zero-order chi connectivity index (χ0) is 11.5. The van der Waals surface area contributed by atoms with E-state index in [-0.39, 0.29) is 11.9 Å². The minimum atomic E-state index is -0.170. The van der Waals surface area contributed by atoms with E-state index in [4.69, 9.17) is 11.5 Å². The molecule has 16 heavy (non-hydrogen) atoms. The molecule has 1 aromatic rings. The maximum Gasteiger partial charge on any atom is 0.242 e. The molecule has 1 aliphatic rings. The maximum atomic E-state index is 11.5. The summed E-state index contributed by atoms with van der Waals surface area (Å²) in [5.41, 5.74) is 13.2. The Balaban J connectivity index is 2.08. The van der Waals surface area contributed by atoms with Crippen molar-refractivity contribution in [1.29, 1.82) is 0 Å². The average Bonchev–Trinajstić information content (AvgIpc) is 2.27. The van der Waals surface area contributed by atoms with Gasteiger partial charge in [-0.1, -0.05) is 0 Å². The SMILES string of the molecule is Nc1ccc(NC2CCCNC2=O)cc1N. The lowest BCUT2D eigenvalue weighted by Crippen LogP contribution is -2.44. The van der Waals surface area contributed by atoms with Gasteiger partial charge < -0.3 is 22.1 Å². The molecule has 0 spiro atoms. The summed E-state index contributed by atoms with van der Waals surface area (Å²) < 4.78 is 0. The topological polar surface area (TPSA) is 93.2 Å². The van der Waals surface area contributed by atoms with E-state index in [2.05, 4.69) is 10.6 Å². The maximum absolute atomic E-state index is 11.5. The van der Waals surface area contributed by atoms with Crippen molar-refractivity contribution >= 4 is 23.0 Å². The number of anilines is 3. The highest BCUT2D eigenvalue weighted by atomic mass is 16.2. The molecule has 6 N–H and O–H groups in total. The predicted molar refractivity (Wildman–Crippen MR) is 64.9 cm³/mol. The third-order valence-corrected chi connectivity index (χ3v) is 2.71. The summed E-state index contributed by atoms with van der Waals surface area (Å²) in [6.07, 6.45) is 1.84. The molecule has 1 aliphatic heterocycles. The van der Waals surface area contributed by atoms with E-state index in [0.29, 0.717) is 11.4 Å². The number of benzene rings is 1. The van der Waals surface area contributed by atoms with E-state index in [1.54, 1.807) is 12.1 Å². The number of nitrogens with two attached hydrogens (primary N) is 2. The summed E-state index contributed by atoms with van der Waals surface area (Å²) in [5.74, 6) is 0.0432. The molecule has 1 unspecified atom stereocenters. The Bertz CT molecular complexity index is 405. The largest absolute Gasteiger partial charge is 0.397 e. The standard InChI is InChI=1S/C11H16N4O/c12-8-4-3-7(6-9(8)13)15-10-2-1-5-14-11(10)16/h3-4,6,10,15H,1-2,5,12-13H2,(H,14,16). The molecule has 1 amide bonds. The van der Waals surface area contributed by atoms with E-state index in [1.165, 1.54) is 0 Å². The Morgan fingerprint density at radius 1 is 1.31 bits per heavy atom. The molecule has 0 bridgehead atoms. The third kappa shape index (κ3) is 2.18. The Morgan fingerprint density at radius 2 is 2.12 bits per heavy atom. The van der Waals surface area contributed by atoms with E-state index in [9.17, 15) is 4.79 Å². The summed E-state index contributed by atoms with van der Waals surface area (Å²) in [6.45, 7) is 0.765. The number of rotatable bonds is 2. The summed E-state index contributed by atoms with van der Waals surface area (Å²) in [7, 11) is 0. The van der Waals surface area contributed by atoms with E-state index in [1.807, 2.05) is 6.07 Å². The molecule has 0 saturated carbocycles. The van der Waals surface area contributed by atoms with Crippen LogP contribution < -0.4 is 22.1 Å². The van der Waals surface area contributed by atoms with Crippen molar-refractivity contribution in [2.75, 3.05) is 23.3 Å². The average molecular weight is 220 g/mol. The Labute approximate surface area is 94.2 Å². The van der Waals surface area contributed by atoms with Crippen LogP contribution in [-0.2, 0) is 4.79 Å². The van der Waals surface area contributed by atoms with Crippen molar-refractivity contribution in [3.05, 3.63) is 18.2 Å². The number of piperidine rings is 1. The van der Waals surface area contributed by atoms with Crippen LogP contribution >= 0.6 is 0 Å². The lowest BCUT2D eigenvalue weighted by atomic mass is 10.1. The van der Waals surface area contributed by atoms with Crippen LogP contribution in [0, 0.1) is 0 Å². The zero-order valence-corrected chi connectivity index (χ0v) is 8.99. The van der Waals surface area contributed by atoms with Gasteiger partial charge in [-0.2, -0.15) is 0 Å². The second-order valence-electron chi connectivity index (χ2n) is 3.97. The number of carbonyl (C=O) groups is 1. The van der Waals surface area contributed by atoms with Gasteiger partial charge in [0.25, 0.3) is 0 Å². The lowest BCUT2D eigenvalue weighted by Gasteiger charge is -2.23. The summed E-state index contributed by atoms with van der Waals surface area (Å²) in [6, 6.07) is 5.14. The number of hydrogen-bond donors (Lipinski definition) is 4. The van der Waals surface area contributed by atoms with Gasteiger partial charge in [0.1, 0.15) is 6.04 Å². The van der Waals surface area contributed by atoms with Crippen LogP contribution in [-0.4, -0.2) is 18.5 Å². The summed E-state index contributed by atoms with van der Waals surface area (Å²) >= 11 is 0. The first-order valence-electron chi connectivity index (χ1n) is 5.36. The monoisotopic (exact) mass is 220 g/mol. The molecular weight excluding hydrogens is 204 g/mol. The van der Waals surface area contributed by atoms with Gasteiger partial charge in [0.2, 0.25) is 5.91 Å². The Hall–Kier alpha value is -1.91. The first-order chi connectivity index (χ1) is 7.66. The number of amides is 1. The molecule has 1 heterocycles. The highest BCUT2D eigenvalue weighted by Gasteiger charge is 2.21. The molecule has 2 rings (SSSR count). The van der Waals surface area contributed by atoms with Crippen LogP contribution in [0.25, 0.3) is 0 Å². The van der Waals surface area contributed by atoms with Crippen molar-refractivity contribution in [1.82, 2.24) is 5.32 Å². The Kier molecular flexibility index (Phi) is 2.85. The van der Waals surface area contributed by atoms with Gasteiger partial charge in [-0.05, 0) is 31.0 Å². The van der Waals surface area contributed by atoms with E-state index < -0.39 is 0 Å². The first kappa shape index (κ1) is 10.6. The minimum absolute atomic E-state index is 0.0432. The van der Waals surface area contributed by atoms with Crippen molar-refractivity contribution in [3.63, 3.8) is 0 Å². The Morgan fingerprint density at radius 3 is 2.81 bits per heavy atom. The molecular formula is C11H16N4O. The molecule has 1 fully saturated rings. The van der Waals surface area contributed by atoms with Gasteiger partial charge >= 0.3 is 0 Å². The number of hydrogen-bond acceptors (Lipinski definition) is 4.